The van der Waals surface area contributed by atoms with E-state index < -0.39 is 0 Å². The topological polar surface area (TPSA) is 92.9 Å². The maximum atomic E-state index is 12.1. The summed E-state index contributed by atoms with van der Waals surface area (Å²) in [4.78, 5) is 25.1. The number of carbonyl (C=O) groups excluding carboxylic acids is 1. The standard InChI is InChI=1S/C19H19N5O2/c25-18(17-4-2-10-26-17)22-14-5-6-15(11-14)23-19-21-9-7-16(24-19)13-3-1-8-20-12-13/h1-4,7-10,12,14-15H,5-6,11H2,(H,22,25)(H,21,23,24)/t14-,15-/m0/s1. The molecular formula is C19H19N5O2. The fraction of sp³-hybridized carbons (Fsp3) is 0.263. The average molecular weight is 349 g/mol. The summed E-state index contributed by atoms with van der Waals surface area (Å²) in [7, 11) is 0. The molecule has 3 aromatic heterocycles. The molecule has 0 radical (unpaired) electrons. The molecule has 0 unspecified atom stereocenters. The number of hydrogen-bond acceptors (Lipinski definition) is 6. The lowest BCUT2D eigenvalue weighted by atomic mass is 10.2. The maximum absolute atomic E-state index is 12.1. The van der Waals surface area contributed by atoms with E-state index in [-0.39, 0.29) is 18.0 Å². The van der Waals surface area contributed by atoms with Gasteiger partial charge in [-0.15, -0.1) is 0 Å². The molecule has 2 N–H and O–H groups in total. The van der Waals surface area contributed by atoms with E-state index in [4.69, 9.17) is 4.42 Å². The monoisotopic (exact) mass is 349 g/mol. The lowest BCUT2D eigenvalue weighted by Gasteiger charge is -2.14. The van der Waals surface area contributed by atoms with E-state index in [1.54, 1.807) is 30.7 Å². The van der Waals surface area contributed by atoms with Crippen molar-refractivity contribution < 1.29 is 9.21 Å². The summed E-state index contributed by atoms with van der Waals surface area (Å²) in [5.74, 6) is 0.763. The summed E-state index contributed by atoms with van der Waals surface area (Å²) in [6, 6.07) is 9.43. The molecule has 7 heteroatoms. The Kier molecular flexibility index (Phi) is 4.59. The molecule has 4 rings (SSSR count). The molecule has 3 aromatic rings. The first-order valence-corrected chi connectivity index (χ1v) is 8.62. The minimum atomic E-state index is -0.171. The molecule has 1 saturated carbocycles. The fourth-order valence-corrected chi connectivity index (χ4v) is 3.19. The lowest BCUT2D eigenvalue weighted by molar-refractivity contribution is 0.0909. The Balaban J connectivity index is 1.36. The molecule has 26 heavy (non-hydrogen) atoms. The molecule has 1 aliphatic carbocycles. The van der Waals surface area contributed by atoms with Crippen molar-refractivity contribution in [3.8, 4) is 11.3 Å². The van der Waals surface area contributed by atoms with Crippen LogP contribution in [0.5, 0.6) is 0 Å². The molecule has 0 saturated heterocycles. The van der Waals surface area contributed by atoms with Crippen LogP contribution in [-0.4, -0.2) is 32.9 Å². The third-order valence-corrected chi connectivity index (χ3v) is 4.46. The predicted octanol–water partition coefficient (Wildman–Crippen LogP) is 2.89. The molecule has 0 aliphatic heterocycles. The van der Waals surface area contributed by atoms with Crippen molar-refractivity contribution >= 4 is 11.9 Å². The molecule has 7 nitrogen and oxygen atoms in total. The van der Waals surface area contributed by atoms with Crippen LogP contribution in [-0.2, 0) is 0 Å². The van der Waals surface area contributed by atoms with Gasteiger partial charge in [0.25, 0.3) is 5.91 Å². The molecule has 0 spiro atoms. The second kappa shape index (κ2) is 7.35. The minimum Gasteiger partial charge on any atom is -0.459 e. The first-order valence-electron chi connectivity index (χ1n) is 8.62. The van der Waals surface area contributed by atoms with Gasteiger partial charge in [-0.25, -0.2) is 9.97 Å². The predicted molar refractivity (Wildman–Crippen MR) is 96.5 cm³/mol. The van der Waals surface area contributed by atoms with Gasteiger partial charge in [0, 0.05) is 36.2 Å². The Morgan fingerprint density at radius 3 is 2.85 bits per heavy atom. The number of pyridine rings is 1. The van der Waals surface area contributed by atoms with Crippen LogP contribution in [0.15, 0.2) is 59.6 Å². The van der Waals surface area contributed by atoms with Gasteiger partial charge in [0.1, 0.15) is 0 Å². The largest absolute Gasteiger partial charge is 0.459 e. The summed E-state index contributed by atoms with van der Waals surface area (Å²) in [6.45, 7) is 0. The van der Waals surface area contributed by atoms with Crippen LogP contribution in [0.2, 0.25) is 0 Å². The number of rotatable bonds is 5. The van der Waals surface area contributed by atoms with Crippen LogP contribution in [0.3, 0.4) is 0 Å². The van der Waals surface area contributed by atoms with Gasteiger partial charge in [0.15, 0.2) is 5.76 Å². The van der Waals surface area contributed by atoms with Crippen molar-refractivity contribution in [2.24, 2.45) is 0 Å². The number of anilines is 1. The average Bonchev–Trinajstić information content (AvgIpc) is 3.35. The quantitative estimate of drug-likeness (QED) is 0.736. The van der Waals surface area contributed by atoms with Gasteiger partial charge in [-0.1, -0.05) is 0 Å². The van der Waals surface area contributed by atoms with Gasteiger partial charge < -0.3 is 15.1 Å². The number of aromatic nitrogens is 3. The van der Waals surface area contributed by atoms with Gasteiger partial charge in [0.2, 0.25) is 5.95 Å². The molecule has 1 amide bonds. The Morgan fingerprint density at radius 2 is 2.04 bits per heavy atom. The van der Waals surface area contributed by atoms with Gasteiger partial charge >= 0.3 is 0 Å². The van der Waals surface area contributed by atoms with Crippen LogP contribution in [0.4, 0.5) is 5.95 Å². The summed E-state index contributed by atoms with van der Waals surface area (Å²) in [5.41, 5.74) is 1.78. The maximum Gasteiger partial charge on any atom is 0.287 e. The number of nitrogens with zero attached hydrogens (tertiary/aromatic N) is 3. The van der Waals surface area contributed by atoms with E-state index in [1.807, 2.05) is 18.2 Å². The van der Waals surface area contributed by atoms with Crippen molar-refractivity contribution in [2.75, 3.05) is 5.32 Å². The van der Waals surface area contributed by atoms with Gasteiger partial charge in [-0.3, -0.25) is 9.78 Å². The van der Waals surface area contributed by atoms with Gasteiger partial charge in [0.05, 0.1) is 12.0 Å². The zero-order valence-corrected chi connectivity index (χ0v) is 14.1. The lowest BCUT2D eigenvalue weighted by Crippen LogP contribution is -2.33. The molecule has 0 bridgehead atoms. The number of amides is 1. The molecule has 0 aromatic carbocycles. The van der Waals surface area contributed by atoms with Crippen molar-refractivity contribution in [1.82, 2.24) is 20.3 Å². The van der Waals surface area contributed by atoms with E-state index in [1.165, 1.54) is 6.26 Å². The third-order valence-electron chi connectivity index (χ3n) is 4.46. The fourth-order valence-electron chi connectivity index (χ4n) is 3.19. The smallest absolute Gasteiger partial charge is 0.287 e. The second-order valence-corrected chi connectivity index (χ2v) is 6.31. The highest BCUT2D eigenvalue weighted by Crippen LogP contribution is 2.23. The van der Waals surface area contributed by atoms with Crippen LogP contribution >= 0.6 is 0 Å². The van der Waals surface area contributed by atoms with Crippen LogP contribution in [0.1, 0.15) is 29.8 Å². The van der Waals surface area contributed by atoms with E-state index >= 15 is 0 Å². The van der Waals surface area contributed by atoms with Gasteiger partial charge in [-0.2, -0.15) is 0 Å². The first-order chi connectivity index (χ1) is 12.8. The molecule has 3 heterocycles. The van der Waals surface area contributed by atoms with Crippen LogP contribution in [0, 0.1) is 0 Å². The normalized spacial score (nSPS) is 19.2. The second-order valence-electron chi connectivity index (χ2n) is 6.31. The SMILES string of the molecule is O=C(N[C@H]1CC[C@H](Nc2nccc(-c3cccnc3)n2)C1)c1ccco1. The third kappa shape index (κ3) is 3.72. The van der Waals surface area contributed by atoms with Crippen molar-refractivity contribution in [3.05, 3.63) is 60.9 Å². The van der Waals surface area contributed by atoms with E-state index in [0.29, 0.717) is 11.7 Å². The first kappa shape index (κ1) is 16.3. The summed E-state index contributed by atoms with van der Waals surface area (Å²) >= 11 is 0. The Hall–Kier alpha value is -3.22. The number of furan rings is 1. The van der Waals surface area contributed by atoms with Gasteiger partial charge in [-0.05, 0) is 49.6 Å². The summed E-state index contributed by atoms with van der Waals surface area (Å²) < 4.78 is 5.13. The number of nitrogens with one attached hydrogen (secondary N) is 2. The molecule has 1 aliphatic rings. The number of carbonyl (C=O) groups is 1. The van der Waals surface area contributed by atoms with E-state index in [0.717, 1.165) is 30.5 Å². The van der Waals surface area contributed by atoms with E-state index in [2.05, 4.69) is 25.6 Å². The van der Waals surface area contributed by atoms with Crippen LogP contribution < -0.4 is 10.6 Å². The molecule has 1 fully saturated rings. The van der Waals surface area contributed by atoms with Crippen molar-refractivity contribution in [2.45, 2.75) is 31.3 Å². The Morgan fingerprint density at radius 1 is 1.12 bits per heavy atom. The van der Waals surface area contributed by atoms with Crippen LogP contribution in [0.25, 0.3) is 11.3 Å². The summed E-state index contributed by atoms with van der Waals surface area (Å²) in [5, 5.41) is 6.38. The Labute approximate surface area is 150 Å². The highest BCUT2D eigenvalue weighted by molar-refractivity contribution is 5.91. The number of hydrogen-bond donors (Lipinski definition) is 2. The van der Waals surface area contributed by atoms with Crippen molar-refractivity contribution in [1.29, 1.82) is 0 Å². The summed E-state index contributed by atoms with van der Waals surface area (Å²) in [6.07, 6.45) is 9.44. The highest BCUT2D eigenvalue weighted by atomic mass is 16.3. The molecular weight excluding hydrogens is 330 g/mol. The molecule has 2 atom stereocenters. The molecule has 132 valence electrons. The van der Waals surface area contributed by atoms with Crippen molar-refractivity contribution in [3.63, 3.8) is 0 Å². The Bertz CT molecular complexity index is 867. The zero-order valence-electron chi connectivity index (χ0n) is 14.1. The van der Waals surface area contributed by atoms with E-state index in [9.17, 15) is 4.79 Å². The highest BCUT2D eigenvalue weighted by Gasteiger charge is 2.27. The zero-order chi connectivity index (χ0) is 17.8. The minimum absolute atomic E-state index is 0.117.